The molecule has 26 heavy (non-hydrogen) atoms. The highest BCUT2D eigenvalue weighted by Crippen LogP contribution is 2.48. The van der Waals surface area contributed by atoms with Crippen LogP contribution in [0.3, 0.4) is 0 Å². The first-order valence-corrected chi connectivity index (χ1v) is 9.09. The molecular formula is C20H24N4O2. The molecule has 4 rings (SSSR count). The third-order valence-electron chi connectivity index (χ3n) is 5.53. The van der Waals surface area contributed by atoms with Crippen molar-refractivity contribution in [3.8, 4) is 5.88 Å². The lowest BCUT2D eigenvalue weighted by atomic mass is 9.65. The molecule has 1 spiro atoms. The monoisotopic (exact) mass is 352 g/mol. The molecular weight excluding hydrogens is 328 g/mol. The summed E-state index contributed by atoms with van der Waals surface area (Å²) in [6, 6.07) is 9.69. The Labute approximate surface area is 153 Å². The molecule has 2 fully saturated rings. The fourth-order valence-electron chi connectivity index (χ4n) is 4.24. The summed E-state index contributed by atoms with van der Waals surface area (Å²) in [4.78, 5) is 23.2. The van der Waals surface area contributed by atoms with Gasteiger partial charge in [-0.1, -0.05) is 6.07 Å². The Balaban J connectivity index is 1.28. The van der Waals surface area contributed by atoms with Gasteiger partial charge < -0.3 is 10.1 Å². The van der Waals surface area contributed by atoms with Crippen molar-refractivity contribution >= 4 is 5.91 Å². The van der Waals surface area contributed by atoms with Crippen LogP contribution in [0.1, 0.15) is 35.3 Å². The molecule has 1 aliphatic carbocycles. The molecule has 0 unspecified atom stereocenters. The van der Waals surface area contributed by atoms with Crippen LogP contribution in [0.25, 0.3) is 0 Å². The van der Waals surface area contributed by atoms with Crippen molar-refractivity contribution in [3.05, 3.63) is 54.0 Å². The van der Waals surface area contributed by atoms with E-state index in [9.17, 15) is 4.79 Å². The van der Waals surface area contributed by atoms with E-state index in [-0.39, 0.29) is 11.9 Å². The quantitative estimate of drug-likeness (QED) is 0.894. The number of hydrogen-bond donors (Lipinski definition) is 1. The van der Waals surface area contributed by atoms with E-state index in [2.05, 4.69) is 20.2 Å². The minimum atomic E-state index is 0.00248. The number of nitrogens with zero attached hydrogens (tertiary/aromatic N) is 3. The van der Waals surface area contributed by atoms with Crippen LogP contribution < -0.4 is 10.1 Å². The number of ether oxygens (including phenoxy) is 1. The molecule has 0 atom stereocenters. The molecule has 1 amide bonds. The fourth-order valence-corrected chi connectivity index (χ4v) is 4.24. The summed E-state index contributed by atoms with van der Waals surface area (Å²) in [5.41, 5.74) is 2.08. The SMILES string of the molecule is COc1cccc(CN2CCC3(CC(NC(=O)c4ccncc4)C3)C2)n1. The smallest absolute Gasteiger partial charge is 0.251 e. The maximum Gasteiger partial charge on any atom is 0.251 e. The Hall–Kier alpha value is -2.47. The van der Waals surface area contributed by atoms with E-state index in [0.717, 1.165) is 38.2 Å². The van der Waals surface area contributed by atoms with E-state index >= 15 is 0 Å². The van der Waals surface area contributed by atoms with E-state index in [1.165, 1.54) is 6.42 Å². The molecule has 1 saturated heterocycles. The minimum absolute atomic E-state index is 0.00248. The molecule has 6 heteroatoms. The van der Waals surface area contributed by atoms with Crippen LogP contribution >= 0.6 is 0 Å². The van der Waals surface area contributed by atoms with E-state index in [1.807, 2.05) is 18.2 Å². The first-order valence-electron chi connectivity index (χ1n) is 9.09. The van der Waals surface area contributed by atoms with Crippen molar-refractivity contribution in [2.45, 2.75) is 31.8 Å². The van der Waals surface area contributed by atoms with Gasteiger partial charge in [0.25, 0.3) is 5.91 Å². The molecule has 136 valence electrons. The van der Waals surface area contributed by atoms with Gasteiger partial charge in [0, 0.05) is 43.2 Å². The molecule has 0 bridgehead atoms. The first-order chi connectivity index (χ1) is 12.7. The molecule has 1 aliphatic heterocycles. The number of likely N-dealkylation sites (tertiary alicyclic amines) is 1. The van der Waals surface area contributed by atoms with Crippen LogP contribution in [0.4, 0.5) is 0 Å². The third-order valence-corrected chi connectivity index (χ3v) is 5.53. The van der Waals surface area contributed by atoms with Crippen molar-refractivity contribution in [1.29, 1.82) is 0 Å². The van der Waals surface area contributed by atoms with Crippen molar-refractivity contribution in [2.75, 3.05) is 20.2 Å². The van der Waals surface area contributed by atoms with Gasteiger partial charge in [-0.2, -0.15) is 0 Å². The van der Waals surface area contributed by atoms with Crippen LogP contribution in [-0.2, 0) is 6.54 Å². The largest absolute Gasteiger partial charge is 0.481 e. The lowest BCUT2D eigenvalue weighted by molar-refractivity contribution is 0.0693. The van der Waals surface area contributed by atoms with Crippen LogP contribution in [0.2, 0.25) is 0 Å². The molecule has 0 radical (unpaired) electrons. The number of methoxy groups -OCH3 is 1. The second kappa shape index (κ2) is 7.03. The van der Waals surface area contributed by atoms with Gasteiger partial charge in [0.2, 0.25) is 5.88 Å². The first kappa shape index (κ1) is 17.0. The van der Waals surface area contributed by atoms with Crippen LogP contribution in [0, 0.1) is 5.41 Å². The number of amides is 1. The second-order valence-electron chi connectivity index (χ2n) is 7.45. The van der Waals surface area contributed by atoms with Gasteiger partial charge in [-0.05, 0) is 49.4 Å². The van der Waals surface area contributed by atoms with E-state index < -0.39 is 0 Å². The lowest BCUT2D eigenvalue weighted by Gasteiger charge is -2.45. The second-order valence-corrected chi connectivity index (χ2v) is 7.45. The maximum atomic E-state index is 12.2. The average Bonchev–Trinajstić information content (AvgIpc) is 3.06. The van der Waals surface area contributed by atoms with Crippen molar-refractivity contribution in [1.82, 2.24) is 20.2 Å². The number of rotatable bonds is 5. The molecule has 1 saturated carbocycles. The van der Waals surface area contributed by atoms with Crippen molar-refractivity contribution in [3.63, 3.8) is 0 Å². The zero-order chi connectivity index (χ0) is 18.0. The predicted octanol–water partition coefficient (Wildman–Crippen LogP) is 2.27. The Morgan fingerprint density at radius 1 is 1.31 bits per heavy atom. The number of carbonyl (C=O) groups excluding carboxylic acids is 1. The highest BCUT2D eigenvalue weighted by Gasteiger charge is 2.48. The van der Waals surface area contributed by atoms with Gasteiger partial charge in [-0.3, -0.25) is 14.7 Å². The van der Waals surface area contributed by atoms with Gasteiger partial charge in [-0.25, -0.2) is 4.98 Å². The molecule has 0 aromatic carbocycles. The molecule has 1 N–H and O–H groups in total. The maximum absolute atomic E-state index is 12.2. The zero-order valence-electron chi connectivity index (χ0n) is 15.0. The lowest BCUT2D eigenvalue weighted by Crippen LogP contribution is -2.51. The summed E-state index contributed by atoms with van der Waals surface area (Å²) in [5, 5.41) is 3.15. The van der Waals surface area contributed by atoms with E-state index in [4.69, 9.17) is 4.74 Å². The summed E-state index contributed by atoms with van der Waals surface area (Å²) in [7, 11) is 1.64. The molecule has 6 nitrogen and oxygen atoms in total. The molecule has 2 aromatic heterocycles. The van der Waals surface area contributed by atoms with Crippen LogP contribution in [0.5, 0.6) is 5.88 Å². The number of nitrogens with one attached hydrogen (secondary N) is 1. The summed E-state index contributed by atoms with van der Waals surface area (Å²) < 4.78 is 5.21. The third kappa shape index (κ3) is 3.55. The van der Waals surface area contributed by atoms with Crippen LogP contribution in [-0.4, -0.2) is 47.0 Å². The average molecular weight is 352 g/mol. The van der Waals surface area contributed by atoms with Crippen LogP contribution in [0.15, 0.2) is 42.7 Å². The number of pyridine rings is 2. The Bertz CT molecular complexity index is 774. The van der Waals surface area contributed by atoms with Crippen molar-refractivity contribution < 1.29 is 9.53 Å². The minimum Gasteiger partial charge on any atom is -0.481 e. The Morgan fingerprint density at radius 3 is 2.88 bits per heavy atom. The fraction of sp³-hybridized carbons (Fsp3) is 0.450. The standard InChI is InChI=1S/C20H24N4O2/c1-26-18-4-2-3-16(22-18)13-24-10-7-20(14-24)11-17(12-20)23-19(25)15-5-8-21-9-6-15/h2-6,8-9,17H,7,10-14H2,1H3,(H,23,25). The van der Waals surface area contributed by atoms with Gasteiger partial charge in [0.05, 0.1) is 12.8 Å². The van der Waals surface area contributed by atoms with Gasteiger partial charge in [-0.15, -0.1) is 0 Å². The van der Waals surface area contributed by atoms with E-state index in [0.29, 0.717) is 16.9 Å². The zero-order valence-corrected chi connectivity index (χ0v) is 15.0. The summed E-state index contributed by atoms with van der Waals surface area (Å²) in [5.74, 6) is 0.668. The summed E-state index contributed by atoms with van der Waals surface area (Å²) >= 11 is 0. The van der Waals surface area contributed by atoms with E-state index in [1.54, 1.807) is 31.6 Å². The topological polar surface area (TPSA) is 67.3 Å². The van der Waals surface area contributed by atoms with Gasteiger partial charge >= 0.3 is 0 Å². The highest BCUT2D eigenvalue weighted by atomic mass is 16.5. The Morgan fingerprint density at radius 2 is 2.12 bits per heavy atom. The highest BCUT2D eigenvalue weighted by molar-refractivity contribution is 5.94. The normalized spacial score (nSPS) is 25.0. The molecule has 3 heterocycles. The summed E-state index contributed by atoms with van der Waals surface area (Å²) in [6.45, 7) is 3.02. The molecule has 2 aromatic rings. The van der Waals surface area contributed by atoms with Gasteiger partial charge in [0.15, 0.2) is 0 Å². The predicted molar refractivity (Wildman–Crippen MR) is 97.8 cm³/mol. The number of carbonyl (C=O) groups is 1. The number of aromatic nitrogens is 2. The van der Waals surface area contributed by atoms with Crippen molar-refractivity contribution in [2.24, 2.45) is 5.41 Å². The summed E-state index contributed by atoms with van der Waals surface area (Å²) in [6.07, 6.45) is 6.62. The van der Waals surface area contributed by atoms with Gasteiger partial charge in [0.1, 0.15) is 0 Å². The molecule has 2 aliphatic rings. The Kier molecular flexibility index (Phi) is 4.59. The number of hydrogen-bond acceptors (Lipinski definition) is 5.